The van der Waals surface area contributed by atoms with E-state index in [2.05, 4.69) is 39.3 Å². The third kappa shape index (κ3) is 4.08. The molecule has 5 atom stereocenters. The van der Waals surface area contributed by atoms with E-state index in [9.17, 15) is 14.7 Å². The fraction of sp³-hybridized carbons (Fsp3) is 0.583. The number of hydrogen-bond donors (Lipinski definition) is 1. The maximum Gasteiger partial charge on any atom is 0.241 e. The Balaban J connectivity index is 1.76. The van der Waals surface area contributed by atoms with Gasteiger partial charge in [-0.3, -0.25) is 14.5 Å². The summed E-state index contributed by atoms with van der Waals surface area (Å²) in [6, 6.07) is 8.66. The van der Waals surface area contributed by atoms with E-state index in [0.717, 1.165) is 29.9 Å². The molecule has 32 heavy (non-hydrogen) atoms. The smallest absolute Gasteiger partial charge is 0.241 e. The first-order valence-corrected chi connectivity index (χ1v) is 18.4. The van der Waals surface area contributed by atoms with Gasteiger partial charge in [0.25, 0.3) is 0 Å². The van der Waals surface area contributed by atoms with E-state index in [1.165, 1.54) is 4.90 Å². The molecule has 5 rings (SSSR count). The van der Waals surface area contributed by atoms with E-state index >= 15 is 0 Å². The second-order valence-electron chi connectivity index (χ2n) is 11.2. The van der Waals surface area contributed by atoms with Gasteiger partial charge < -0.3 is 14.0 Å². The first-order valence-electron chi connectivity index (χ1n) is 11.6. The third-order valence-electron chi connectivity index (χ3n) is 6.51. The summed E-state index contributed by atoms with van der Waals surface area (Å²) in [5, 5.41) is 10.2. The number of hydrogen-bond acceptors (Lipinski definition) is 5. The summed E-state index contributed by atoms with van der Waals surface area (Å²) in [7, 11) is -3.91. The maximum absolute atomic E-state index is 13.7. The molecule has 0 unspecified atom stereocenters. The standard InChI is InChI=1S/C24H35NO5Si2/c1-31(2,3)29-21-16-12-13-17(22(21)30-32(4,5)6)20-19(16)23(27)25(24(20)28)18(14-26)15-10-8-7-9-11-15/h7-11,16-20,26H,12-14H2,1-6H3/t16-,17+,18-,19-,20+/m0/s1. The van der Waals surface area contributed by atoms with E-state index in [0.29, 0.717) is 0 Å². The molecule has 1 aromatic carbocycles. The van der Waals surface area contributed by atoms with Crippen molar-refractivity contribution >= 4 is 28.4 Å². The molecule has 1 heterocycles. The van der Waals surface area contributed by atoms with Gasteiger partial charge in [0.2, 0.25) is 28.4 Å². The fourth-order valence-corrected chi connectivity index (χ4v) is 7.31. The number of allylic oxidation sites excluding steroid dienone is 2. The summed E-state index contributed by atoms with van der Waals surface area (Å²) in [6.07, 6.45) is 1.65. The van der Waals surface area contributed by atoms with Crippen LogP contribution < -0.4 is 0 Å². The lowest BCUT2D eigenvalue weighted by Crippen LogP contribution is -2.47. The minimum Gasteiger partial charge on any atom is -0.545 e. The highest BCUT2D eigenvalue weighted by Gasteiger charge is 2.63. The van der Waals surface area contributed by atoms with Crippen LogP contribution in [0, 0.1) is 23.7 Å². The first kappa shape index (κ1) is 23.3. The molecule has 4 aliphatic rings. The van der Waals surface area contributed by atoms with Crippen LogP contribution >= 0.6 is 0 Å². The van der Waals surface area contributed by atoms with Gasteiger partial charge in [-0.25, -0.2) is 0 Å². The molecule has 1 saturated carbocycles. The van der Waals surface area contributed by atoms with Crippen molar-refractivity contribution in [2.75, 3.05) is 6.61 Å². The van der Waals surface area contributed by atoms with Gasteiger partial charge in [-0.2, -0.15) is 0 Å². The van der Waals surface area contributed by atoms with Crippen LogP contribution in [0.1, 0.15) is 24.4 Å². The number of fused-ring (bicyclic) bond motifs is 1. The Labute approximate surface area is 192 Å². The fourth-order valence-electron chi connectivity index (χ4n) is 5.48. The number of likely N-dealkylation sites (tertiary alicyclic amines) is 1. The summed E-state index contributed by atoms with van der Waals surface area (Å²) >= 11 is 0. The molecule has 8 heteroatoms. The number of carbonyl (C=O) groups is 2. The number of imide groups is 1. The molecule has 1 aromatic rings. The van der Waals surface area contributed by atoms with Gasteiger partial charge in [0, 0.05) is 11.8 Å². The van der Waals surface area contributed by atoms with Gasteiger partial charge in [-0.05, 0) is 57.7 Å². The molecular formula is C24H35NO5Si2. The van der Waals surface area contributed by atoms with Crippen molar-refractivity contribution in [2.24, 2.45) is 23.7 Å². The average Bonchev–Trinajstić information content (AvgIpc) is 2.96. The summed E-state index contributed by atoms with van der Waals surface area (Å²) in [6.45, 7) is 12.5. The molecule has 6 nitrogen and oxygen atoms in total. The lowest BCUT2D eigenvalue weighted by molar-refractivity contribution is -0.144. The Morgan fingerprint density at radius 2 is 1.31 bits per heavy atom. The van der Waals surface area contributed by atoms with Crippen molar-refractivity contribution in [3.63, 3.8) is 0 Å². The Morgan fingerprint density at radius 1 is 0.875 bits per heavy atom. The van der Waals surface area contributed by atoms with Crippen LogP contribution in [0.25, 0.3) is 0 Å². The van der Waals surface area contributed by atoms with Crippen LogP contribution in [-0.2, 0) is 18.4 Å². The molecule has 3 aliphatic carbocycles. The number of nitrogens with zero attached hydrogens (tertiary/aromatic N) is 1. The predicted molar refractivity (Wildman–Crippen MR) is 127 cm³/mol. The molecule has 2 bridgehead atoms. The number of carbonyl (C=O) groups excluding carboxylic acids is 2. The Morgan fingerprint density at radius 3 is 1.69 bits per heavy atom. The van der Waals surface area contributed by atoms with Crippen LogP contribution in [0.15, 0.2) is 41.9 Å². The van der Waals surface area contributed by atoms with Gasteiger partial charge >= 0.3 is 0 Å². The molecule has 1 saturated heterocycles. The number of aliphatic hydroxyl groups is 1. The van der Waals surface area contributed by atoms with Crippen LogP contribution in [-0.4, -0.2) is 45.1 Å². The summed E-state index contributed by atoms with van der Waals surface area (Å²) in [5.74, 6) is 0.153. The van der Waals surface area contributed by atoms with E-state index < -0.39 is 34.5 Å². The van der Waals surface area contributed by atoms with Crippen molar-refractivity contribution in [3.8, 4) is 0 Å². The van der Waals surface area contributed by atoms with Crippen LogP contribution in [0.3, 0.4) is 0 Å². The molecule has 0 aromatic heterocycles. The summed E-state index contributed by atoms with van der Waals surface area (Å²) in [4.78, 5) is 28.8. The Hall–Kier alpha value is -1.91. The van der Waals surface area contributed by atoms with Crippen LogP contribution in [0.5, 0.6) is 0 Å². The van der Waals surface area contributed by atoms with E-state index in [1.54, 1.807) is 0 Å². The second-order valence-corrected chi connectivity index (χ2v) is 20.0. The van der Waals surface area contributed by atoms with Crippen LogP contribution in [0.2, 0.25) is 39.3 Å². The van der Waals surface area contributed by atoms with Crippen molar-refractivity contribution in [3.05, 3.63) is 47.4 Å². The van der Waals surface area contributed by atoms with E-state index in [-0.39, 0.29) is 30.3 Å². The minimum absolute atomic E-state index is 0.139. The Kier molecular flexibility index (Phi) is 5.92. The molecule has 1 N–H and O–H groups in total. The highest BCUT2D eigenvalue weighted by molar-refractivity contribution is 6.70. The molecule has 0 radical (unpaired) electrons. The largest absolute Gasteiger partial charge is 0.545 e. The van der Waals surface area contributed by atoms with Gasteiger partial charge in [0.15, 0.2) is 0 Å². The van der Waals surface area contributed by atoms with E-state index in [1.807, 2.05) is 30.3 Å². The topological polar surface area (TPSA) is 76.1 Å². The monoisotopic (exact) mass is 473 g/mol. The quantitative estimate of drug-likeness (QED) is 0.473. The lowest BCUT2D eigenvalue weighted by atomic mass is 9.61. The van der Waals surface area contributed by atoms with Crippen molar-refractivity contribution in [2.45, 2.75) is 58.2 Å². The Bertz CT molecular complexity index is 882. The summed E-state index contributed by atoms with van der Waals surface area (Å²) < 4.78 is 13.1. The molecule has 2 fully saturated rings. The minimum atomic E-state index is -1.95. The van der Waals surface area contributed by atoms with Crippen LogP contribution in [0.4, 0.5) is 0 Å². The lowest BCUT2D eigenvalue weighted by Gasteiger charge is -2.47. The molecule has 174 valence electrons. The number of rotatable bonds is 7. The average molecular weight is 474 g/mol. The molecule has 2 amide bonds. The van der Waals surface area contributed by atoms with Gasteiger partial charge in [-0.15, -0.1) is 0 Å². The normalized spacial score (nSPS) is 28.8. The van der Waals surface area contributed by atoms with Gasteiger partial charge in [-0.1, -0.05) is 30.3 Å². The van der Waals surface area contributed by atoms with Crippen molar-refractivity contribution in [1.82, 2.24) is 4.90 Å². The number of aliphatic hydroxyl groups excluding tert-OH is 1. The molecule has 1 aliphatic heterocycles. The second kappa shape index (κ2) is 8.15. The first-order chi connectivity index (χ1) is 14.9. The molecular weight excluding hydrogens is 438 g/mol. The predicted octanol–water partition coefficient (Wildman–Crippen LogP) is 4.28. The third-order valence-corrected chi connectivity index (χ3v) is 8.17. The van der Waals surface area contributed by atoms with Crippen molar-refractivity contribution in [1.29, 1.82) is 0 Å². The summed E-state index contributed by atoms with van der Waals surface area (Å²) in [5.41, 5.74) is 0.771. The SMILES string of the molecule is C[Si](C)(C)OC1=C(O[Si](C)(C)C)[C@@H]2CC[C@H]1[C@@H]1C(=O)N([C@@H](CO)c3ccccc3)C(=O)[C@@H]12. The zero-order valence-corrected chi connectivity index (χ0v) is 21.9. The highest BCUT2D eigenvalue weighted by atomic mass is 28.4. The number of amides is 2. The zero-order chi connectivity index (χ0) is 23.4. The van der Waals surface area contributed by atoms with Gasteiger partial charge in [0.1, 0.15) is 11.5 Å². The maximum atomic E-state index is 13.7. The highest BCUT2D eigenvalue weighted by Crippen LogP contribution is 2.57. The zero-order valence-electron chi connectivity index (χ0n) is 19.9. The molecule has 0 spiro atoms. The van der Waals surface area contributed by atoms with Crippen molar-refractivity contribution < 1.29 is 23.5 Å². The van der Waals surface area contributed by atoms with Gasteiger partial charge in [0.05, 0.1) is 24.5 Å². The van der Waals surface area contributed by atoms with E-state index in [4.69, 9.17) is 8.85 Å². The number of benzene rings is 1.